The van der Waals surface area contributed by atoms with Crippen molar-refractivity contribution in [2.45, 2.75) is 105 Å². The first kappa shape index (κ1) is 62.9. The van der Waals surface area contributed by atoms with Crippen LogP contribution in [0.3, 0.4) is 0 Å². The smallest absolute Gasteiger partial charge is 0.475 e. The molecule has 0 unspecified atom stereocenters. The summed E-state index contributed by atoms with van der Waals surface area (Å²) in [6.07, 6.45) is -23.5. The molecule has 8 rings (SSSR count). The summed E-state index contributed by atoms with van der Waals surface area (Å²) in [5.41, 5.74) is 35.5. The normalized spacial score (nSPS) is 26.4. The second kappa shape index (κ2) is 30.1. The van der Waals surface area contributed by atoms with E-state index in [1.165, 1.54) is 0 Å². The minimum Gasteiger partial charge on any atom is -0.475 e. The quantitative estimate of drug-likeness (QED) is 0.0534. The standard InChI is InChI=1S/C53H62N10O14.C2HF3O2/c54-28-39-38(72-50(65)60-31-18-8-2-9-19-31)27-37(57)47(70-39)73-42-35(55)26-36(56)43(46(42)77-53(68)63-34-24-14-5-15-25-34)74-48-45(76-52(67)62-33-22-12-4-13-23-33)41(58)44(75-51(66)61-32-20-10-3-11-21-32)40(71-48)29-69-49(64)59-30-16-6-1-7-17-30;3-2(4,5)1(6)7/h1-25,35-48H,26-29,54-58H2,(H,59,64)(H,60,65)(H,61,66)(H,62,67)(H,63,68);(H,6,7)/t35-,36+,37+,38-,39+,40+,41-,42+,43-,44+,45+,46-,47+,48+;/m0./s1. The third kappa shape index (κ3) is 18.4. The maximum absolute atomic E-state index is 14.0. The maximum atomic E-state index is 14.0. The summed E-state index contributed by atoms with van der Waals surface area (Å²) >= 11 is 0. The zero-order valence-corrected chi connectivity index (χ0v) is 44.4. The molecule has 84 heavy (non-hydrogen) atoms. The number of carbonyl (C=O) groups excluding carboxylic acids is 5. The van der Waals surface area contributed by atoms with Crippen molar-refractivity contribution in [3.8, 4) is 0 Å². The number of rotatable bonds is 16. The number of ether oxygens (including phenoxy) is 9. The van der Waals surface area contributed by atoms with Crippen LogP contribution in [0.1, 0.15) is 12.8 Å². The van der Waals surface area contributed by atoms with Crippen LogP contribution in [-0.4, -0.2) is 146 Å². The van der Waals surface area contributed by atoms with Crippen molar-refractivity contribution in [3.63, 3.8) is 0 Å². The number of carboxylic acids is 1. The van der Waals surface area contributed by atoms with E-state index in [0.717, 1.165) is 0 Å². The van der Waals surface area contributed by atoms with Crippen molar-refractivity contribution in [3.05, 3.63) is 152 Å². The zero-order valence-electron chi connectivity index (χ0n) is 44.4. The molecule has 29 heteroatoms. The monoisotopic (exact) mass is 1180 g/mol. The van der Waals surface area contributed by atoms with E-state index < -0.39 is 135 Å². The van der Waals surface area contributed by atoms with Crippen LogP contribution in [0.25, 0.3) is 0 Å². The van der Waals surface area contributed by atoms with E-state index >= 15 is 0 Å². The van der Waals surface area contributed by atoms with E-state index in [4.69, 9.17) is 81.2 Å². The van der Waals surface area contributed by atoms with Gasteiger partial charge in [0.05, 0.1) is 12.1 Å². The number of aliphatic carboxylic acids is 1. The summed E-state index contributed by atoms with van der Waals surface area (Å²) in [6.45, 7) is -0.735. The summed E-state index contributed by atoms with van der Waals surface area (Å²) in [5.74, 6) is -2.76. The van der Waals surface area contributed by atoms with Crippen molar-refractivity contribution in [2.24, 2.45) is 28.7 Å². The molecule has 1 aliphatic carbocycles. The molecule has 5 aromatic rings. The Kier molecular flexibility index (Phi) is 22.5. The van der Waals surface area contributed by atoms with Gasteiger partial charge in [-0.1, -0.05) is 91.0 Å². The second-order valence-electron chi connectivity index (χ2n) is 19.0. The summed E-state index contributed by atoms with van der Waals surface area (Å²) in [6, 6.07) is 37.7. The van der Waals surface area contributed by atoms with Gasteiger partial charge in [0.2, 0.25) is 0 Å². The molecule has 0 bridgehead atoms. The van der Waals surface area contributed by atoms with E-state index in [2.05, 4.69) is 26.6 Å². The lowest BCUT2D eigenvalue weighted by atomic mass is 9.84. The Morgan fingerprint density at radius 1 is 0.464 bits per heavy atom. The molecule has 2 saturated heterocycles. The molecule has 14 atom stereocenters. The van der Waals surface area contributed by atoms with Gasteiger partial charge in [0.25, 0.3) is 0 Å². The van der Waals surface area contributed by atoms with Crippen molar-refractivity contribution < 1.29 is 89.7 Å². The van der Waals surface area contributed by atoms with Crippen molar-refractivity contribution >= 4 is 64.9 Å². The number of nitrogens with one attached hydrogen (secondary N) is 5. The summed E-state index contributed by atoms with van der Waals surface area (Å²) < 4.78 is 87.2. The topological polar surface area (TPSA) is 396 Å². The highest BCUT2D eigenvalue weighted by Crippen LogP contribution is 2.35. The highest BCUT2D eigenvalue weighted by Gasteiger charge is 2.55. The Labute approximate surface area is 478 Å². The van der Waals surface area contributed by atoms with E-state index in [1.807, 2.05) is 0 Å². The number of para-hydroxylation sites is 5. The van der Waals surface area contributed by atoms with Crippen LogP contribution in [-0.2, 0) is 47.4 Å². The first-order chi connectivity index (χ1) is 40.2. The van der Waals surface area contributed by atoms with Crippen LogP contribution >= 0.6 is 0 Å². The number of carboxylic acid groups (broad SMARTS) is 1. The van der Waals surface area contributed by atoms with E-state index in [-0.39, 0.29) is 19.4 Å². The Balaban J connectivity index is 0.00000136. The van der Waals surface area contributed by atoms with Gasteiger partial charge in [0, 0.05) is 53.5 Å². The number of hydrogen-bond acceptors (Lipinski definition) is 20. The lowest BCUT2D eigenvalue weighted by Crippen LogP contribution is -2.69. The summed E-state index contributed by atoms with van der Waals surface area (Å²) in [5, 5.41) is 20.3. The van der Waals surface area contributed by atoms with E-state index in [9.17, 15) is 37.1 Å². The van der Waals surface area contributed by atoms with Crippen molar-refractivity contribution in [1.29, 1.82) is 0 Å². The summed E-state index contributed by atoms with van der Waals surface area (Å²) in [7, 11) is 0. The Morgan fingerprint density at radius 2 is 0.810 bits per heavy atom. The molecule has 0 aromatic heterocycles. The zero-order chi connectivity index (χ0) is 60.3. The number of halogens is 3. The van der Waals surface area contributed by atoms with Crippen LogP contribution in [0, 0.1) is 0 Å². The van der Waals surface area contributed by atoms with Gasteiger partial charge in [-0.05, 0) is 67.1 Å². The van der Waals surface area contributed by atoms with Gasteiger partial charge in [0.15, 0.2) is 30.9 Å². The fraction of sp³-hybridized carbons (Fsp3) is 0.345. The van der Waals surface area contributed by atoms with Crippen LogP contribution in [0.15, 0.2) is 152 Å². The molecule has 16 N–H and O–H groups in total. The minimum atomic E-state index is -5.08. The highest BCUT2D eigenvalue weighted by atomic mass is 19.4. The van der Waals surface area contributed by atoms with Crippen LogP contribution in [0.2, 0.25) is 0 Å². The maximum Gasteiger partial charge on any atom is 0.490 e. The minimum absolute atomic E-state index is 0.0213. The lowest BCUT2D eigenvalue weighted by Gasteiger charge is -2.49. The molecule has 0 radical (unpaired) electrons. The molecular formula is C55H63F3N10O16. The highest BCUT2D eigenvalue weighted by molar-refractivity contribution is 5.87. The van der Waals surface area contributed by atoms with E-state index in [1.54, 1.807) is 152 Å². The molecule has 2 aliphatic heterocycles. The average Bonchev–Trinajstić information content (AvgIpc) is 3.66. The largest absolute Gasteiger partial charge is 0.490 e. The first-order valence-corrected chi connectivity index (χ1v) is 26.0. The molecule has 26 nitrogen and oxygen atoms in total. The number of nitrogens with two attached hydrogens (primary N) is 5. The van der Waals surface area contributed by atoms with Gasteiger partial charge in [-0.2, -0.15) is 13.2 Å². The predicted molar refractivity (Wildman–Crippen MR) is 294 cm³/mol. The third-order valence-corrected chi connectivity index (χ3v) is 12.8. The van der Waals surface area contributed by atoms with Crippen molar-refractivity contribution in [2.75, 3.05) is 39.7 Å². The van der Waals surface area contributed by atoms with Gasteiger partial charge in [0.1, 0.15) is 37.1 Å². The first-order valence-electron chi connectivity index (χ1n) is 26.0. The molecule has 2 heterocycles. The molecular weight excluding hydrogens is 1110 g/mol. The van der Waals surface area contributed by atoms with E-state index in [0.29, 0.717) is 28.4 Å². The van der Waals surface area contributed by atoms with Gasteiger partial charge < -0.3 is 76.4 Å². The molecule has 0 spiro atoms. The fourth-order valence-corrected chi connectivity index (χ4v) is 8.91. The Morgan fingerprint density at radius 3 is 1.20 bits per heavy atom. The van der Waals surface area contributed by atoms with Crippen LogP contribution in [0.5, 0.6) is 0 Å². The van der Waals surface area contributed by atoms with Gasteiger partial charge in [-0.3, -0.25) is 26.6 Å². The number of carbonyl (C=O) groups is 6. The van der Waals surface area contributed by atoms with Crippen LogP contribution in [0.4, 0.5) is 65.6 Å². The Bertz CT molecular complexity index is 2920. The average molecular weight is 1180 g/mol. The number of anilines is 5. The molecule has 3 fully saturated rings. The second-order valence-corrected chi connectivity index (χ2v) is 19.0. The van der Waals surface area contributed by atoms with Gasteiger partial charge in [-0.15, -0.1) is 0 Å². The number of benzene rings is 5. The number of alkyl halides is 3. The van der Waals surface area contributed by atoms with Gasteiger partial charge >= 0.3 is 42.6 Å². The lowest BCUT2D eigenvalue weighted by molar-refractivity contribution is -0.312. The predicted octanol–water partition coefficient (Wildman–Crippen LogP) is 5.62. The third-order valence-electron chi connectivity index (χ3n) is 12.8. The number of amides is 5. The molecule has 5 amide bonds. The van der Waals surface area contributed by atoms with Crippen molar-refractivity contribution in [1.82, 2.24) is 0 Å². The SMILES string of the molecule is NC[C@H]1O[C@H](O[C@H]2[C@H](OC(=O)Nc3ccccc3)[C@@H](O[C@H]3O[C@H](COC(=O)Nc4ccccc4)[C@@H](OC(=O)Nc4ccccc4)[C@H](N)[C@H]3OC(=O)Nc3ccccc3)[C@H](N)C[C@@H]2N)[C@H](N)C[C@@H]1OC(=O)Nc1ccccc1.O=C(O)C(F)(F)F. The fourth-order valence-electron chi connectivity index (χ4n) is 8.91. The molecule has 5 aromatic carbocycles. The summed E-state index contributed by atoms with van der Waals surface area (Å²) in [4.78, 5) is 76.5. The molecule has 3 aliphatic rings. The van der Waals surface area contributed by atoms with Crippen LogP contribution < -0.4 is 55.3 Å². The van der Waals surface area contributed by atoms with Gasteiger partial charge in [-0.25, -0.2) is 28.8 Å². The number of hydrogen-bond donors (Lipinski definition) is 11. The molecule has 1 saturated carbocycles. The Hall–Kier alpha value is -8.65. The molecule has 450 valence electrons.